The Labute approximate surface area is 124 Å². The standard InChI is InChI=1S/C13H16Br2N2O/c1-2-16-3-5-17(6-4-16)13(18)10-7-11(14)9-12(15)8-10/h7-9H,2-6H2,1H3. The van der Waals surface area contributed by atoms with Crippen molar-refractivity contribution in [2.45, 2.75) is 6.92 Å². The summed E-state index contributed by atoms with van der Waals surface area (Å²) in [6.07, 6.45) is 0. The van der Waals surface area contributed by atoms with Crippen LogP contribution in [-0.2, 0) is 0 Å². The maximum atomic E-state index is 12.4. The molecule has 1 aromatic rings. The predicted octanol–water partition coefficient (Wildman–Crippen LogP) is 2.99. The van der Waals surface area contributed by atoms with Gasteiger partial charge in [-0.2, -0.15) is 0 Å². The Morgan fingerprint density at radius 2 is 1.67 bits per heavy atom. The van der Waals surface area contributed by atoms with Gasteiger partial charge in [0.25, 0.3) is 5.91 Å². The molecule has 1 aliphatic heterocycles. The number of benzene rings is 1. The van der Waals surface area contributed by atoms with Crippen LogP contribution < -0.4 is 0 Å². The molecule has 1 aromatic carbocycles. The molecule has 0 aromatic heterocycles. The van der Waals surface area contributed by atoms with Crippen LogP contribution in [-0.4, -0.2) is 48.4 Å². The Balaban J connectivity index is 2.07. The molecule has 1 heterocycles. The van der Waals surface area contributed by atoms with Crippen molar-refractivity contribution in [1.29, 1.82) is 0 Å². The topological polar surface area (TPSA) is 23.6 Å². The Morgan fingerprint density at radius 3 is 2.17 bits per heavy atom. The molecule has 0 spiro atoms. The molecular formula is C13H16Br2N2O. The van der Waals surface area contributed by atoms with E-state index in [0.717, 1.165) is 47.2 Å². The van der Waals surface area contributed by atoms with Gasteiger partial charge in [0.15, 0.2) is 0 Å². The number of hydrogen-bond donors (Lipinski definition) is 0. The normalized spacial score (nSPS) is 16.9. The fraction of sp³-hybridized carbons (Fsp3) is 0.462. The van der Waals surface area contributed by atoms with E-state index in [0.29, 0.717) is 0 Å². The summed E-state index contributed by atoms with van der Waals surface area (Å²) in [7, 11) is 0. The minimum atomic E-state index is 0.118. The zero-order valence-corrected chi connectivity index (χ0v) is 13.5. The van der Waals surface area contributed by atoms with Crippen molar-refractivity contribution < 1.29 is 4.79 Å². The molecule has 0 aliphatic carbocycles. The largest absolute Gasteiger partial charge is 0.336 e. The minimum absolute atomic E-state index is 0.118. The predicted molar refractivity (Wildman–Crippen MR) is 79.9 cm³/mol. The highest BCUT2D eigenvalue weighted by Crippen LogP contribution is 2.21. The number of hydrogen-bond acceptors (Lipinski definition) is 2. The maximum Gasteiger partial charge on any atom is 0.254 e. The van der Waals surface area contributed by atoms with E-state index in [1.807, 2.05) is 23.1 Å². The molecule has 2 rings (SSSR count). The summed E-state index contributed by atoms with van der Waals surface area (Å²) in [6, 6.07) is 5.68. The van der Waals surface area contributed by atoms with E-state index in [-0.39, 0.29) is 5.91 Å². The summed E-state index contributed by atoms with van der Waals surface area (Å²) >= 11 is 6.83. The summed E-state index contributed by atoms with van der Waals surface area (Å²) < 4.78 is 1.85. The molecule has 1 saturated heterocycles. The van der Waals surface area contributed by atoms with Crippen LogP contribution >= 0.6 is 31.9 Å². The Morgan fingerprint density at radius 1 is 1.11 bits per heavy atom. The lowest BCUT2D eigenvalue weighted by Gasteiger charge is -2.34. The third-order valence-corrected chi connectivity index (χ3v) is 4.13. The second-order valence-corrected chi connectivity index (χ2v) is 6.22. The quantitative estimate of drug-likeness (QED) is 0.793. The molecule has 0 saturated carbocycles. The van der Waals surface area contributed by atoms with Crippen molar-refractivity contribution in [3.8, 4) is 0 Å². The highest BCUT2D eigenvalue weighted by molar-refractivity contribution is 9.11. The summed E-state index contributed by atoms with van der Waals surface area (Å²) in [5, 5.41) is 0. The number of piperazine rings is 1. The van der Waals surface area contributed by atoms with E-state index < -0.39 is 0 Å². The van der Waals surface area contributed by atoms with Crippen LogP contribution in [0.2, 0.25) is 0 Å². The number of likely N-dealkylation sites (N-methyl/N-ethyl adjacent to an activating group) is 1. The van der Waals surface area contributed by atoms with E-state index in [1.165, 1.54) is 0 Å². The molecule has 3 nitrogen and oxygen atoms in total. The van der Waals surface area contributed by atoms with Crippen LogP contribution in [0.5, 0.6) is 0 Å². The summed E-state index contributed by atoms with van der Waals surface area (Å²) in [5.41, 5.74) is 0.737. The second-order valence-electron chi connectivity index (χ2n) is 4.38. The van der Waals surface area contributed by atoms with Crippen LogP contribution in [0.25, 0.3) is 0 Å². The van der Waals surface area contributed by atoms with E-state index >= 15 is 0 Å². The Hall–Kier alpha value is -0.390. The van der Waals surface area contributed by atoms with Gasteiger partial charge in [0.1, 0.15) is 0 Å². The maximum absolute atomic E-state index is 12.4. The third kappa shape index (κ3) is 3.33. The molecule has 0 radical (unpaired) electrons. The van der Waals surface area contributed by atoms with E-state index in [4.69, 9.17) is 0 Å². The minimum Gasteiger partial charge on any atom is -0.336 e. The number of carbonyl (C=O) groups excluding carboxylic acids is 1. The molecule has 1 amide bonds. The van der Waals surface area contributed by atoms with Crippen molar-refractivity contribution in [2.75, 3.05) is 32.7 Å². The van der Waals surface area contributed by atoms with Crippen LogP contribution in [0.4, 0.5) is 0 Å². The van der Waals surface area contributed by atoms with Gasteiger partial charge in [-0.15, -0.1) is 0 Å². The SMILES string of the molecule is CCN1CCN(C(=O)c2cc(Br)cc(Br)c2)CC1. The van der Waals surface area contributed by atoms with Crippen LogP contribution in [0.15, 0.2) is 27.1 Å². The molecule has 1 aliphatic rings. The molecule has 0 unspecified atom stereocenters. The molecule has 18 heavy (non-hydrogen) atoms. The molecular weight excluding hydrogens is 360 g/mol. The van der Waals surface area contributed by atoms with Gasteiger partial charge in [0.2, 0.25) is 0 Å². The molecule has 0 N–H and O–H groups in total. The molecule has 1 fully saturated rings. The van der Waals surface area contributed by atoms with Gasteiger partial charge in [-0.1, -0.05) is 38.8 Å². The number of nitrogens with zero attached hydrogens (tertiary/aromatic N) is 2. The zero-order chi connectivity index (χ0) is 13.1. The molecule has 0 bridgehead atoms. The van der Waals surface area contributed by atoms with Crippen LogP contribution in [0.1, 0.15) is 17.3 Å². The van der Waals surface area contributed by atoms with Gasteiger partial charge >= 0.3 is 0 Å². The fourth-order valence-corrected chi connectivity index (χ4v) is 3.42. The average Bonchev–Trinajstić information content (AvgIpc) is 2.37. The van der Waals surface area contributed by atoms with Gasteiger partial charge < -0.3 is 9.80 Å². The summed E-state index contributed by atoms with van der Waals surface area (Å²) in [4.78, 5) is 16.7. The van der Waals surface area contributed by atoms with Gasteiger partial charge in [-0.3, -0.25) is 4.79 Å². The number of rotatable bonds is 2. The van der Waals surface area contributed by atoms with Crippen molar-refractivity contribution in [3.05, 3.63) is 32.7 Å². The Kier molecular flexibility index (Phi) is 4.81. The van der Waals surface area contributed by atoms with Gasteiger partial charge in [0, 0.05) is 40.7 Å². The van der Waals surface area contributed by atoms with Gasteiger partial charge in [0.05, 0.1) is 0 Å². The van der Waals surface area contributed by atoms with Crippen molar-refractivity contribution in [3.63, 3.8) is 0 Å². The van der Waals surface area contributed by atoms with Gasteiger partial charge in [-0.05, 0) is 24.7 Å². The second kappa shape index (κ2) is 6.17. The lowest BCUT2D eigenvalue weighted by atomic mass is 10.2. The average molecular weight is 376 g/mol. The number of halogens is 2. The van der Waals surface area contributed by atoms with E-state index in [9.17, 15) is 4.79 Å². The van der Waals surface area contributed by atoms with Crippen LogP contribution in [0.3, 0.4) is 0 Å². The molecule has 5 heteroatoms. The number of carbonyl (C=O) groups is 1. The monoisotopic (exact) mass is 374 g/mol. The number of amides is 1. The first kappa shape index (κ1) is 14.0. The highest BCUT2D eigenvalue weighted by atomic mass is 79.9. The van der Waals surface area contributed by atoms with Crippen LogP contribution in [0, 0.1) is 0 Å². The lowest BCUT2D eigenvalue weighted by Crippen LogP contribution is -2.48. The first-order valence-corrected chi connectivity index (χ1v) is 7.66. The smallest absolute Gasteiger partial charge is 0.254 e. The first-order chi connectivity index (χ1) is 8.60. The first-order valence-electron chi connectivity index (χ1n) is 6.08. The lowest BCUT2D eigenvalue weighted by molar-refractivity contribution is 0.0643. The van der Waals surface area contributed by atoms with Crippen molar-refractivity contribution in [2.24, 2.45) is 0 Å². The van der Waals surface area contributed by atoms with E-state index in [1.54, 1.807) is 0 Å². The fourth-order valence-electron chi connectivity index (χ4n) is 2.13. The van der Waals surface area contributed by atoms with Crippen molar-refractivity contribution >= 4 is 37.8 Å². The van der Waals surface area contributed by atoms with E-state index in [2.05, 4.69) is 43.7 Å². The molecule has 98 valence electrons. The highest BCUT2D eigenvalue weighted by Gasteiger charge is 2.21. The Bertz CT molecular complexity index is 422. The molecule has 0 atom stereocenters. The zero-order valence-electron chi connectivity index (χ0n) is 10.3. The summed E-state index contributed by atoms with van der Waals surface area (Å²) in [6.45, 7) is 6.79. The third-order valence-electron chi connectivity index (χ3n) is 3.22. The van der Waals surface area contributed by atoms with Crippen molar-refractivity contribution in [1.82, 2.24) is 9.80 Å². The summed E-state index contributed by atoms with van der Waals surface area (Å²) in [5.74, 6) is 0.118. The van der Waals surface area contributed by atoms with Gasteiger partial charge in [-0.25, -0.2) is 0 Å².